The van der Waals surface area contributed by atoms with Crippen molar-refractivity contribution in [3.05, 3.63) is 24.2 Å². The predicted octanol–water partition coefficient (Wildman–Crippen LogP) is 0.393. The molecule has 0 amide bonds. The van der Waals surface area contributed by atoms with Crippen LogP contribution in [0.4, 0.5) is 0 Å². The molecular weight excluding hydrogens is 192 g/mol. The second-order valence-electron chi connectivity index (χ2n) is 2.47. The molecule has 1 heterocycles. The summed E-state index contributed by atoms with van der Waals surface area (Å²) in [5, 5.41) is 8.62. The van der Waals surface area contributed by atoms with E-state index in [1.165, 1.54) is 12.3 Å². The summed E-state index contributed by atoms with van der Waals surface area (Å²) in [5.41, 5.74) is 0. The Bertz CT molecular complexity index is 401. The van der Waals surface area contributed by atoms with Gasteiger partial charge in [-0.05, 0) is 12.1 Å². The largest absolute Gasteiger partial charge is 0.467 e. The summed E-state index contributed by atoms with van der Waals surface area (Å²) >= 11 is 0. The predicted molar refractivity (Wildman–Crippen MR) is 45.0 cm³/mol. The van der Waals surface area contributed by atoms with Crippen molar-refractivity contribution < 1.29 is 12.8 Å². The second-order valence-corrected chi connectivity index (χ2v) is 4.25. The van der Waals surface area contributed by atoms with Gasteiger partial charge in [0.2, 0.25) is 10.0 Å². The van der Waals surface area contributed by atoms with Crippen molar-refractivity contribution in [1.82, 2.24) is 4.72 Å². The molecule has 1 unspecified atom stereocenters. The van der Waals surface area contributed by atoms with Crippen LogP contribution in [0.3, 0.4) is 0 Å². The smallest absolute Gasteiger partial charge is 0.210 e. The number of hydrogen-bond donors (Lipinski definition) is 1. The first-order valence-electron chi connectivity index (χ1n) is 3.43. The molecule has 0 aromatic carbocycles. The zero-order valence-corrected chi connectivity index (χ0v) is 7.71. The zero-order chi connectivity index (χ0) is 9.90. The number of sulfonamides is 1. The van der Waals surface area contributed by atoms with Gasteiger partial charge in [0, 0.05) is 0 Å². The minimum atomic E-state index is -3.39. The van der Waals surface area contributed by atoms with Gasteiger partial charge in [0.1, 0.15) is 5.76 Å². The van der Waals surface area contributed by atoms with Crippen molar-refractivity contribution in [1.29, 1.82) is 5.26 Å². The fourth-order valence-electron chi connectivity index (χ4n) is 0.818. The lowest BCUT2D eigenvalue weighted by Crippen LogP contribution is -2.25. The van der Waals surface area contributed by atoms with E-state index >= 15 is 0 Å². The number of furan rings is 1. The molecule has 0 aliphatic carbocycles. The van der Waals surface area contributed by atoms with Gasteiger partial charge in [-0.3, -0.25) is 0 Å². The molecule has 0 radical (unpaired) electrons. The highest BCUT2D eigenvalue weighted by Gasteiger charge is 2.17. The molecule has 1 aromatic heterocycles. The first kappa shape index (κ1) is 9.77. The molecule has 0 spiro atoms. The molecule has 1 N–H and O–H groups in total. The number of nitriles is 1. The molecule has 0 saturated carbocycles. The average molecular weight is 200 g/mol. The quantitative estimate of drug-likeness (QED) is 0.765. The van der Waals surface area contributed by atoms with Gasteiger partial charge >= 0.3 is 0 Å². The summed E-state index contributed by atoms with van der Waals surface area (Å²) in [5.74, 6) is 0.285. The van der Waals surface area contributed by atoms with Gasteiger partial charge in [0.25, 0.3) is 0 Å². The third-order valence-corrected chi connectivity index (χ3v) is 1.95. The molecular formula is C7H8N2O3S. The van der Waals surface area contributed by atoms with Crippen LogP contribution in [-0.4, -0.2) is 14.7 Å². The Hall–Kier alpha value is -1.32. The highest BCUT2D eigenvalue weighted by Crippen LogP contribution is 2.12. The number of nitrogens with one attached hydrogen (secondary N) is 1. The molecule has 0 aliphatic heterocycles. The lowest BCUT2D eigenvalue weighted by atomic mass is 10.3. The van der Waals surface area contributed by atoms with Gasteiger partial charge in [-0.15, -0.1) is 0 Å². The Kier molecular flexibility index (Phi) is 2.70. The van der Waals surface area contributed by atoms with Gasteiger partial charge in [0.05, 0.1) is 18.6 Å². The lowest BCUT2D eigenvalue weighted by Gasteiger charge is -2.05. The normalized spacial score (nSPS) is 13.5. The average Bonchev–Trinajstić information content (AvgIpc) is 2.50. The molecule has 0 saturated heterocycles. The van der Waals surface area contributed by atoms with E-state index in [0.717, 1.165) is 6.26 Å². The van der Waals surface area contributed by atoms with E-state index in [1.807, 2.05) is 0 Å². The summed E-state index contributed by atoms with van der Waals surface area (Å²) in [6, 6.07) is 3.94. The minimum Gasteiger partial charge on any atom is -0.467 e. The van der Waals surface area contributed by atoms with Crippen LogP contribution in [-0.2, 0) is 10.0 Å². The van der Waals surface area contributed by atoms with Crippen molar-refractivity contribution in [3.63, 3.8) is 0 Å². The van der Waals surface area contributed by atoms with Crippen LogP contribution in [0.2, 0.25) is 0 Å². The molecule has 0 bridgehead atoms. The van der Waals surface area contributed by atoms with E-state index in [2.05, 4.69) is 4.72 Å². The van der Waals surface area contributed by atoms with Gasteiger partial charge in [0.15, 0.2) is 6.04 Å². The van der Waals surface area contributed by atoms with Crippen LogP contribution in [0.1, 0.15) is 11.8 Å². The van der Waals surface area contributed by atoms with E-state index in [-0.39, 0.29) is 5.76 Å². The van der Waals surface area contributed by atoms with Crippen LogP contribution in [0.5, 0.6) is 0 Å². The Balaban J connectivity index is 2.84. The Morgan fingerprint density at radius 2 is 2.38 bits per heavy atom. The maximum absolute atomic E-state index is 10.8. The number of nitrogens with zero attached hydrogens (tertiary/aromatic N) is 1. The standard InChI is InChI=1S/C7H8N2O3S/c1-13(10,11)9-6(5-8)7-3-2-4-12-7/h2-4,6,9H,1H3. The van der Waals surface area contributed by atoms with Crippen molar-refractivity contribution >= 4 is 10.0 Å². The van der Waals surface area contributed by atoms with E-state index in [9.17, 15) is 8.42 Å². The molecule has 1 atom stereocenters. The number of hydrogen-bond acceptors (Lipinski definition) is 4. The summed E-state index contributed by atoms with van der Waals surface area (Å²) in [7, 11) is -3.39. The molecule has 5 nitrogen and oxygen atoms in total. The second kappa shape index (κ2) is 3.60. The van der Waals surface area contributed by atoms with Crippen molar-refractivity contribution in [2.45, 2.75) is 6.04 Å². The van der Waals surface area contributed by atoms with Crippen molar-refractivity contribution in [2.75, 3.05) is 6.26 Å². The van der Waals surface area contributed by atoms with E-state index < -0.39 is 16.1 Å². The van der Waals surface area contributed by atoms with Crippen LogP contribution < -0.4 is 4.72 Å². The summed E-state index contributed by atoms with van der Waals surface area (Å²) in [4.78, 5) is 0. The zero-order valence-electron chi connectivity index (χ0n) is 6.89. The fraction of sp³-hybridized carbons (Fsp3) is 0.286. The van der Waals surface area contributed by atoms with E-state index in [4.69, 9.17) is 9.68 Å². The lowest BCUT2D eigenvalue weighted by molar-refractivity contribution is 0.480. The van der Waals surface area contributed by atoms with Gasteiger partial charge in [-0.1, -0.05) is 0 Å². The monoisotopic (exact) mass is 200 g/mol. The van der Waals surface area contributed by atoms with Crippen molar-refractivity contribution in [3.8, 4) is 6.07 Å². The molecule has 1 rings (SSSR count). The Labute approximate surface area is 76.0 Å². The van der Waals surface area contributed by atoms with E-state index in [1.54, 1.807) is 12.1 Å². The van der Waals surface area contributed by atoms with Crippen LogP contribution in [0.15, 0.2) is 22.8 Å². The molecule has 6 heteroatoms. The molecule has 0 fully saturated rings. The third kappa shape index (κ3) is 2.89. The van der Waals surface area contributed by atoms with Gasteiger partial charge in [-0.2, -0.15) is 9.98 Å². The SMILES string of the molecule is CS(=O)(=O)NC(C#N)c1ccco1. The first-order valence-corrected chi connectivity index (χ1v) is 5.32. The number of rotatable bonds is 3. The van der Waals surface area contributed by atoms with Gasteiger partial charge in [-0.25, -0.2) is 8.42 Å². The summed E-state index contributed by atoms with van der Waals surface area (Å²) in [6.07, 6.45) is 2.36. The third-order valence-electron chi connectivity index (χ3n) is 1.29. The Morgan fingerprint density at radius 1 is 1.69 bits per heavy atom. The van der Waals surface area contributed by atoms with E-state index in [0.29, 0.717) is 0 Å². The molecule has 13 heavy (non-hydrogen) atoms. The maximum atomic E-state index is 10.8. The fourth-order valence-corrected chi connectivity index (χ4v) is 1.41. The molecule has 1 aromatic rings. The first-order chi connectivity index (χ1) is 6.03. The van der Waals surface area contributed by atoms with Crippen molar-refractivity contribution in [2.24, 2.45) is 0 Å². The van der Waals surface area contributed by atoms with Crippen LogP contribution in [0.25, 0.3) is 0 Å². The summed E-state index contributed by atoms with van der Waals surface area (Å²) < 4.78 is 28.6. The Morgan fingerprint density at radius 3 is 2.77 bits per heavy atom. The van der Waals surface area contributed by atoms with Crippen LogP contribution >= 0.6 is 0 Å². The minimum absolute atomic E-state index is 0.285. The van der Waals surface area contributed by atoms with Crippen LogP contribution in [0, 0.1) is 11.3 Å². The molecule has 0 aliphatic rings. The maximum Gasteiger partial charge on any atom is 0.210 e. The highest BCUT2D eigenvalue weighted by molar-refractivity contribution is 7.88. The molecule has 70 valence electrons. The topological polar surface area (TPSA) is 83.1 Å². The van der Waals surface area contributed by atoms with Gasteiger partial charge < -0.3 is 4.42 Å². The highest BCUT2D eigenvalue weighted by atomic mass is 32.2. The summed E-state index contributed by atoms with van der Waals surface area (Å²) in [6.45, 7) is 0.